The summed E-state index contributed by atoms with van der Waals surface area (Å²) in [5.74, 6) is -1.07. The van der Waals surface area contributed by atoms with Crippen LogP contribution >= 0.6 is 0 Å². The van der Waals surface area contributed by atoms with Crippen LogP contribution in [0.1, 0.15) is 41.5 Å². The first-order valence-corrected chi connectivity index (χ1v) is 10.4. The molecule has 3 fully saturated rings. The number of carbonyl (C=O) groups excluding carboxylic acids is 1. The number of hydrogen-bond acceptors (Lipinski definition) is 7. The molecule has 0 unspecified atom stereocenters. The van der Waals surface area contributed by atoms with Gasteiger partial charge in [0, 0.05) is 0 Å². The average Bonchev–Trinajstić information content (AvgIpc) is 3.13. The number of hydrogen-bond donors (Lipinski definition) is 1. The molecule has 0 bridgehead atoms. The Bertz CT molecular complexity index is 793. The van der Waals surface area contributed by atoms with Gasteiger partial charge in [0.05, 0.1) is 12.3 Å². The van der Waals surface area contributed by atoms with Gasteiger partial charge in [-0.3, -0.25) is 4.79 Å². The summed E-state index contributed by atoms with van der Waals surface area (Å²) in [6.45, 7) is 11.9. The van der Waals surface area contributed by atoms with Gasteiger partial charge >= 0.3 is 0 Å². The van der Waals surface area contributed by atoms with Crippen molar-refractivity contribution in [3.8, 4) is 5.75 Å². The molecule has 4 rings (SSSR count). The van der Waals surface area contributed by atoms with Crippen LogP contribution < -0.4 is 10.1 Å². The molecule has 8 nitrogen and oxygen atoms in total. The van der Waals surface area contributed by atoms with Crippen LogP contribution in [0.15, 0.2) is 24.3 Å². The predicted octanol–water partition coefficient (Wildman–Crippen LogP) is 3.06. The molecule has 1 amide bonds. The quantitative estimate of drug-likeness (QED) is 0.782. The molecule has 0 spiro atoms. The van der Waals surface area contributed by atoms with Crippen molar-refractivity contribution >= 4 is 11.6 Å². The van der Waals surface area contributed by atoms with Crippen molar-refractivity contribution in [2.75, 3.05) is 11.9 Å². The van der Waals surface area contributed by atoms with Crippen molar-refractivity contribution in [3.05, 3.63) is 24.3 Å². The third-order valence-corrected chi connectivity index (χ3v) is 5.13. The lowest BCUT2D eigenvalue weighted by Crippen LogP contribution is -2.58. The van der Waals surface area contributed by atoms with Crippen LogP contribution in [0.4, 0.5) is 5.69 Å². The van der Waals surface area contributed by atoms with Gasteiger partial charge in [-0.25, -0.2) is 0 Å². The van der Waals surface area contributed by atoms with Gasteiger partial charge in [0.2, 0.25) is 0 Å². The van der Waals surface area contributed by atoms with E-state index in [2.05, 4.69) is 19.2 Å². The lowest BCUT2D eigenvalue weighted by Gasteiger charge is -2.36. The van der Waals surface area contributed by atoms with Crippen molar-refractivity contribution in [1.29, 1.82) is 0 Å². The molecule has 1 aromatic carbocycles. The van der Waals surface area contributed by atoms with Crippen LogP contribution in [0.5, 0.6) is 5.75 Å². The molecular formula is C22H31NO7. The van der Waals surface area contributed by atoms with E-state index in [-0.39, 0.29) is 5.91 Å². The minimum Gasteiger partial charge on any atom is -0.491 e. The third-order valence-electron chi connectivity index (χ3n) is 5.13. The average molecular weight is 421 g/mol. The van der Waals surface area contributed by atoms with E-state index in [1.165, 1.54) is 0 Å². The maximum Gasteiger partial charge on any atom is 0.256 e. The molecule has 3 heterocycles. The van der Waals surface area contributed by atoms with Crippen LogP contribution in [0.25, 0.3) is 0 Å². The Labute approximate surface area is 177 Å². The molecule has 166 valence electrons. The van der Waals surface area contributed by atoms with E-state index in [9.17, 15) is 4.79 Å². The van der Waals surface area contributed by atoms with Crippen molar-refractivity contribution in [3.63, 3.8) is 0 Å². The molecule has 3 saturated heterocycles. The normalized spacial score (nSPS) is 33.8. The van der Waals surface area contributed by atoms with E-state index in [1.807, 2.05) is 45.9 Å². The van der Waals surface area contributed by atoms with E-state index in [4.69, 9.17) is 28.4 Å². The van der Waals surface area contributed by atoms with Gasteiger partial charge in [0.25, 0.3) is 5.91 Å². The van der Waals surface area contributed by atoms with E-state index in [1.54, 1.807) is 6.07 Å². The molecule has 0 aromatic heterocycles. The highest BCUT2D eigenvalue weighted by atomic mass is 16.9. The monoisotopic (exact) mass is 421 g/mol. The summed E-state index contributed by atoms with van der Waals surface area (Å²) in [7, 11) is 0. The summed E-state index contributed by atoms with van der Waals surface area (Å²) in [6, 6.07) is 7.33. The van der Waals surface area contributed by atoms with Crippen LogP contribution in [-0.4, -0.2) is 54.8 Å². The Balaban J connectivity index is 1.54. The van der Waals surface area contributed by atoms with Gasteiger partial charge in [0.15, 0.2) is 24.0 Å². The number of rotatable bonds is 5. The van der Waals surface area contributed by atoms with Crippen LogP contribution in [0.2, 0.25) is 0 Å². The largest absolute Gasteiger partial charge is 0.491 e. The van der Waals surface area contributed by atoms with Gasteiger partial charge < -0.3 is 33.7 Å². The molecule has 1 aromatic rings. The van der Waals surface area contributed by atoms with Crippen LogP contribution in [-0.2, 0) is 28.5 Å². The lowest BCUT2D eigenvalue weighted by molar-refractivity contribution is -0.229. The summed E-state index contributed by atoms with van der Waals surface area (Å²) in [6.07, 6.45) is -3.22. The van der Waals surface area contributed by atoms with E-state index in [0.29, 0.717) is 24.0 Å². The fourth-order valence-corrected chi connectivity index (χ4v) is 3.98. The highest BCUT2D eigenvalue weighted by molar-refractivity contribution is 5.96. The van der Waals surface area contributed by atoms with Gasteiger partial charge in [-0.15, -0.1) is 0 Å². The molecule has 0 radical (unpaired) electrons. The number of amides is 1. The Morgan fingerprint density at radius 2 is 1.63 bits per heavy atom. The number of para-hydroxylation sites is 2. The lowest BCUT2D eigenvalue weighted by atomic mass is 9.98. The Morgan fingerprint density at radius 1 is 1.00 bits per heavy atom. The second kappa shape index (κ2) is 7.76. The molecule has 3 aliphatic heterocycles. The second-order valence-electron chi connectivity index (χ2n) is 9.28. The maximum absolute atomic E-state index is 13.2. The molecule has 0 saturated carbocycles. The molecule has 3 aliphatic rings. The van der Waals surface area contributed by atoms with Gasteiger partial charge in [-0.2, -0.15) is 0 Å². The molecule has 8 heteroatoms. The predicted molar refractivity (Wildman–Crippen MR) is 108 cm³/mol. The molecule has 1 N–H and O–H groups in total. The van der Waals surface area contributed by atoms with E-state index < -0.39 is 42.3 Å². The minimum atomic E-state index is -0.923. The number of ether oxygens (including phenoxy) is 6. The highest BCUT2D eigenvalue weighted by Gasteiger charge is 2.62. The topological polar surface area (TPSA) is 84.5 Å². The smallest absolute Gasteiger partial charge is 0.256 e. The zero-order valence-electron chi connectivity index (χ0n) is 18.3. The SMILES string of the molecule is CC(C)COc1ccccc1NC(=O)[C@@H]1O[C@@H]2OC(C)(C)O[C@@H]2[C@H]2OC(C)(C)O[C@H]21. The van der Waals surface area contributed by atoms with Gasteiger partial charge in [-0.05, 0) is 45.7 Å². The minimum absolute atomic E-state index is 0.348. The van der Waals surface area contributed by atoms with Crippen molar-refractivity contribution in [1.82, 2.24) is 0 Å². The molecular weight excluding hydrogens is 390 g/mol. The first-order chi connectivity index (χ1) is 14.0. The van der Waals surface area contributed by atoms with E-state index >= 15 is 0 Å². The molecule has 0 aliphatic carbocycles. The number of benzene rings is 1. The van der Waals surface area contributed by atoms with Crippen molar-refractivity contribution in [2.24, 2.45) is 5.92 Å². The highest BCUT2D eigenvalue weighted by Crippen LogP contribution is 2.44. The first-order valence-electron chi connectivity index (χ1n) is 10.4. The maximum atomic E-state index is 13.2. The third kappa shape index (κ3) is 4.33. The number of anilines is 1. The van der Waals surface area contributed by atoms with E-state index in [0.717, 1.165) is 0 Å². The van der Waals surface area contributed by atoms with Crippen molar-refractivity contribution < 1.29 is 33.2 Å². The van der Waals surface area contributed by atoms with Crippen LogP contribution in [0, 0.1) is 5.92 Å². The zero-order chi connectivity index (χ0) is 21.7. The summed E-state index contributed by atoms with van der Waals surface area (Å²) < 4.78 is 35.8. The number of nitrogens with one attached hydrogen (secondary N) is 1. The van der Waals surface area contributed by atoms with Gasteiger partial charge in [-0.1, -0.05) is 26.0 Å². The van der Waals surface area contributed by atoms with Gasteiger partial charge in [0.1, 0.15) is 24.1 Å². The Morgan fingerprint density at radius 3 is 2.37 bits per heavy atom. The second-order valence-corrected chi connectivity index (χ2v) is 9.28. The molecule has 5 atom stereocenters. The summed E-state index contributed by atoms with van der Waals surface area (Å²) in [4.78, 5) is 13.2. The summed E-state index contributed by atoms with van der Waals surface area (Å²) in [5, 5.41) is 2.92. The standard InChI is InChI=1S/C22H31NO7/c1-12(2)11-25-14-10-8-7-9-13(14)23-19(24)17-15-16(28-21(3,4)27-15)18-20(26-17)30-22(5,6)29-18/h7-10,12,15-18,20H,11H2,1-6H3,(H,23,24)/t15-,16+,17-,18-,20-/m1/s1. The summed E-state index contributed by atoms with van der Waals surface area (Å²) >= 11 is 0. The molecule has 30 heavy (non-hydrogen) atoms. The summed E-state index contributed by atoms with van der Waals surface area (Å²) in [5.41, 5.74) is 0.576. The zero-order valence-corrected chi connectivity index (χ0v) is 18.3. The number of carbonyl (C=O) groups is 1. The Hall–Kier alpha value is -1.71. The van der Waals surface area contributed by atoms with Crippen molar-refractivity contribution in [2.45, 2.75) is 83.8 Å². The number of fused-ring (bicyclic) bond motifs is 3. The first kappa shape index (κ1) is 21.5. The fraction of sp³-hybridized carbons (Fsp3) is 0.682. The fourth-order valence-electron chi connectivity index (χ4n) is 3.98. The van der Waals surface area contributed by atoms with Crippen LogP contribution in [0.3, 0.4) is 0 Å². The Kier molecular flexibility index (Phi) is 5.57.